The van der Waals surface area contributed by atoms with Gasteiger partial charge in [0.2, 0.25) is 41.4 Å². The molecule has 0 bridgehead atoms. The van der Waals surface area contributed by atoms with Crippen LogP contribution < -0.4 is 54.0 Å². The van der Waals surface area contributed by atoms with Crippen LogP contribution >= 0.6 is 25.3 Å². The number of aromatic amines is 2. The Morgan fingerprint density at radius 3 is 1.80 bits per heavy atom. The van der Waals surface area contributed by atoms with Crippen molar-refractivity contribution >= 4 is 89.4 Å². The molecule has 0 saturated heterocycles. The Labute approximate surface area is 408 Å². The van der Waals surface area contributed by atoms with Gasteiger partial charge < -0.3 is 69.1 Å². The van der Waals surface area contributed by atoms with Gasteiger partial charge in [0.05, 0.1) is 18.1 Å². The van der Waals surface area contributed by atoms with E-state index >= 15 is 0 Å². The average molecular weight is 993 g/mol. The third-order valence-corrected chi connectivity index (χ3v) is 11.5. The third kappa shape index (κ3) is 17.2. The molecule has 0 spiro atoms. The topological polar surface area (TPSA) is 373 Å². The smallest absolute Gasteiger partial charge is 0.327 e. The Hall–Kier alpha value is -7.12. The lowest BCUT2D eigenvalue weighted by molar-refractivity contribution is -0.141. The van der Waals surface area contributed by atoms with Crippen molar-refractivity contribution in [1.82, 2.24) is 57.5 Å². The van der Waals surface area contributed by atoms with Gasteiger partial charge in [-0.25, -0.2) is 9.78 Å². The molecular formula is C44H60N14O9S2. The van der Waals surface area contributed by atoms with E-state index in [1.807, 2.05) is 18.2 Å². The molecule has 0 unspecified atom stereocenters. The number of guanidine groups is 1. The molecule has 0 aliphatic heterocycles. The Kier molecular flexibility index (Phi) is 21.3. The zero-order chi connectivity index (χ0) is 50.6. The quantitative estimate of drug-likeness (QED) is 0.0132. The van der Waals surface area contributed by atoms with Gasteiger partial charge in [0.1, 0.15) is 42.3 Å². The summed E-state index contributed by atoms with van der Waals surface area (Å²) in [5.74, 6) is -7.34. The highest BCUT2D eigenvalue weighted by Gasteiger charge is 2.34. The number of carbonyl (C=O) groups is 8. The van der Waals surface area contributed by atoms with Crippen LogP contribution in [0, 0.1) is 5.41 Å². The zero-order valence-electron chi connectivity index (χ0n) is 37.9. The van der Waals surface area contributed by atoms with Crippen molar-refractivity contribution in [3.63, 3.8) is 0 Å². The number of imidazole rings is 1. The normalized spacial score (nSPS) is 14.5. The number of benzene rings is 2. The van der Waals surface area contributed by atoms with E-state index in [0.717, 1.165) is 10.9 Å². The van der Waals surface area contributed by atoms with Gasteiger partial charge in [-0.05, 0) is 43.9 Å². The van der Waals surface area contributed by atoms with E-state index < -0.39 is 95.7 Å². The predicted molar refractivity (Wildman–Crippen MR) is 262 cm³/mol. The molecule has 0 radical (unpaired) electrons. The lowest BCUT2D eigenvalue weighted by Gasteiger charge is -2.27. The Bertz CT molecular complexity index is 2410. The molecule has 4 rings (SSSR count). The number of carbonyl (C=O) groups excluding carboxylic acids is 7. The second-order valence-electron chi connectivity index (χ2n) is 16.1. The van der Waals surface area contributed by atoms with Gasteiger partial charge in [0, 0.05) is 60.6 Å². The van der Waals surface area contributed by atoms with E-state index in [1.54, 1.807) is 42.6 Å². The molecule has 0 aliphatic rings. The molecule has 69 heavy (non-hydrogen) atoms. The highest BCUT2D eigenvalue weighted by molar-refractivity contribution is 7.80. The van der Waals surface area contributed by atoms with Crippen LogP contribution in [-0.4, -0.2) is 140 Å². The van der Waals surface area contributed by atoms with E-state index in [-0.39, 0.29) is 56.1 Å². The average Bonchev–Trinajstić information content (AvgIpc) is 4.00. The first-order chi connectivity index (χ1) is 32.9. The molecular weight excluding hydrogens is 933 g/mol. The lowest BCUT2D eigenvalue weighted by atomic mass is 10.0. The molecule has 16 N–H and O–H groups in total. The minimum atomic E-state index is -1.38. The maximum atomic E-state index is 14.5. The summed E-state index contributed by atoms with van der Waals surface area (Å²) in [5, 5.41) is 38.5. The summed E-state index contributed by atoms with van der Waals surface area (Å²) in [6.07, 6.45) is 4.34. The summed E-state index contributed by atoms with van der Waals surface area (Å²) in [6.45, 7) is 2.85. The third-order valence-electron chi connectivity index (χ3n) is 10.7. The molecule has 25 heteroatoms. The van der Waals surface area contributed by atoms with Gasteiger partial charge in [-0.2, -0.15) is 25.3 Å². The largest absolute Gasteiger partial charge is 0.480 e. The number of hydrogen-bond acceptors (Lipinski definition) is 13. The number of thiol groups is 2. The minimum absolute atomic E-state index is 0.0163. The number of rotatable bonds is 27. The number of fused-ring (bicyclic) bond motifs is 1. The van der Waals surface area contributed by atoms with E-state index in [4.69, 9.17) is 16.9 Å². The number of nitrogens with two attached hydrogens (primary N) is 2. The second kappa shape index (κ2) is 27.0. The van der Waals surface area contributed by atoms with Crippen LogP contribution in [0.15, 0.2) is 73.3 Å². The van der Waals surface area contributed by atoms with Crippen molar-refractivity contribution in [3.8, 4) is 0 Å². The van der Waals surface area contributed by atoms with Gasteiger partial charge in [0.15, 0.2) is 5.96 Å². The van der Waals surface area contributed by atoms with Crippen molar-refractivity contribution in [2.45, 2.75) is 94.3 Å². The van der Waals surface area contributed by atoms with Crippen LogP contribution in [0.3, 0.4) is 0 Å². The minimum Gasteiger partial charge on any atom is -0.480 e. The van der Waals surface area contributed by atoms with Crippen molar-refractivity contribution in [2.24, 2.45) is 11.5 Å². The van der Waals surface area contributed by atoms with Crippen LogP contribution in [0.2, 0.25) is 0 Å². The molecule has 2 aromatic carbocycles. The summed E-state index contributed by atoms with van der Waals surface area (Å²) in [6, 6.07) is 5.72. The number of carboxylic acids is 1. The molecule has 372 valence electrons. The van der Waals surface area contributed by atoms with Gasteiger partial charge in [-0.1, -0.05) is 48.5 Å². The van der Waals surface area contributed by atoms with Crippen molar-refractivity contribution in [1.29, 1.82) is 5.41 Å². The summed E-state index contributed by atoms with van der Waals surface area (Å²) in [5.41, 5.74) is 13.6. The molecule has 2 aromatic heterocycles. The van der Waals surface area contributed by atoms with Crippen LogP contribution in [-0.2, 0) is 57.6 Å². The first kappa shape index (κ1) is 54.5. The Morgan fingerprint density at radius 1 is 0.667 bits per heavy atom. The number of hydrogen-bond donors (Lipinski definition) is 16. The van der Waals surface area contributed by atoms with Gasteiger partial charge in [-0.3, -0.25) is 39.0 Å². The molecule has 0 saturated carbocycles. The number of nitrogens with one attached hydrogen (secondary N) is 11. The first-order valence-corrected chi connectivity index (χ1v) is 23.1. The maximum absolute atomic E-state index is 14.5. The van der Waals surface area contributed by atoms with Gasteiger partial charge in [0.25, 0.3) is 0 Å². The number of aromatic nitrogens is 3. The fourth-order valence-electron chi connectivity index (χ4n) is 6.85. The standard InChI is InChI=1S/C44H60N14O9S2/c1-23(52-38(61)29(45)20-68)36(59)55-34(17-27-19-48-22-51-27)42(65)56-32(15-25-9-4-3-5-10-25)41(64)54-31(13-8-14-49-44(46)47)39(62)57-33(16-26-18-50-30-12-7-6-11-28(26)30)40(63)53-24(2)37(60)58-35(21-69)43(66)67/h3-7,9-12,18-19,22-24,29,31-35,50,68-69H,8,13-17,20-21,45H2,1-2H3,(H,48,51)(H,52,61)(H,53,63)(H,54,64)(H,55,59)(H,56,65)(H,57,62)(H,58,60)(H,66,67)(H4,46,47,49)/t23-,24+,29+,31+,32-,33+,34+,35+/m1/s1. The number of carboxylic acid groups (broad SMARTS) is 1. The number of para-hydroxylation sites is 1. The molecule has 23 nitrogen and oxygen atoms in total. The van der Waals surface area contributed by atoms with Gasteiger partial charge >= 0.3 is 5.97 Å². The van der Waals surface area contributed by atoms with Crippen LogP contribution in [0.5, 0.6) is 0 Å². The molecule has 0 aliphatic carbocycles. The van der Waals surface area contributed by atoms with E-state index in [1.165, 1.54) is 26.4 Å². The molecule has 7 amide bonds. The zero-order valence-corrected chi connectivity index (χ0v) is 39.7. The highest BCUT2D eigenvalue weighted by Crippen LogP contribution is 2.20. The number of amides is 7. The van der Waals surface area contributed by atoms with Crippen molar-refractivity contribution in [3.05, 3.63) is 90.1 Å². The lowest BCUT2D eigenvalue weighted by Crippen LogP contribution is -2.60. The van der Waals surface area contributed by atoms with Crippen LogP contribution in [0.4, 0.5) is 0 Å². The van der Waals surface area contributed by atoms with Crippen molar-refractivity contribution in [2.75, 3.05) is 18.1 Å². The Balaban J connectivity index is 1.64. The van der Waals surface area contributed by atoms with E-state index in [2.05, 4.69) is 82.7 Å². The summed E-state index contributed by atoms with van der Waals surface area (Å²) in [7, 11) is 0. The van der Waals surface area contributed by atoms with Crippen molar-refractivity contribution < 1.29 is 43.5 Å². The molecule has 2 heterocycles. The number of aliphatic carboxylic acids is 1. The predicted octanol–water partition coefficient (Wildman–Crippen LogP) is -2.11. The maximum Gasteiger partial charge on any atom is 0.327 e. The molecule has 0 fully saturated rings. The van der Waals surface area contributed by atoms with Gasteiger partial charge in [-0.15, -0.1) is 0 Å². The SMILES string of the molecule is C[C@H](NC(=O)[C@H](Cc1c[nH]c2ccccc12)NC(=O)[C@H](CCCNC(=N)N)NC(=O)[C@@H](Cc1ccccc1)NC(=O)[C@H](Cc1c[nH]cn1)NC(=O)[C@@H](C)NC(=O)[C@@H](N)CS)C(=O)N[C@@H](CS)C(=O)O. The highest BCUT2D eigenvalue weighted by atomic mass is 32.1. The second-order valence-corrected chi connectivity index (χ2v) is 16.8. The fourth-order valence-corrected chi connectivity index (χ4v) is 7.27. The fraction of sp³-hybridized carbons (Fsp3) is 0.409. The first-order valence-electron chi connectivity index (χ1n) is 21.9. The number of H-pyrrole nitrogens is 2. The van der Waals surface area contributed by atoms with E-state index in [9.17, 15) is 43.5 Å². The summed E-state index contributed by atoms with van der Waals surface area (Å²) >= 11 is 8.00. The monoisotopic (exact) mass is 992 g/mol. The summed E-state index contributed by atoms with van der Waals surface area (Å²) < 4.78 is 0. The summed E-state index contributed by atoms with van der Waals surface area (Å²) in [4.78, 5) is 118. The number of nitrogens with zero attached hydrogens (tertiary/aromatic N) is 1. The van der Waals surface area contributed by atoms with E-state index in [0.29, 0.717) is 16.8 Å². The molecule has 4 aromatic rings. The molecule has 8 atom stereocenters. The van der Waals surface area contributed by atoms with Crippen LogP contribution in [0.1, 0.15) is 43.5 Å². The Morgan fingerprint density at radius 2 is 1.20 bits per heavy atom. The van der Waals surface area contributed by atoms with Crippen LogP contribution in [0.25, 0.3) is 10.9 Å².